The van der Waals surface area contributed by atoms with Crippen molar-refractivity contribution in [3.05, 3.63) is 34.9 Å². The molecule has 2 N–H and O–H groups in total. The summed E-state index contributed by atoms with van der Waals surface area (Å²) in [5.74, 6) is 0.578. The van der Waals surface area contributed by atoms with Gasteiger partial charge in [-0.2, -0.15) is 0 Å². The van der Waals surface area contributed by atoms with Gasteiger partial charge in [-0.25, -0.2) is 0 Å². The summed E-state index contributed by atoms with van der Waals surface area (Å²) in [6, 6.07) is 6.77. The first-order chi connectivity index (χ1) is 9.06. The van der Waals surface area contributed by atoms with Gasteiger partial charge in [-0.3, -0.25) is 0 Å². The van der Waals surface area contributed by atoms with Gasteiger partial charge in [-0.1, -0.05) is 38.5 Å². The normalized spacial score (nSPS) is 17.5. The highest BCUT2D eigenvalue weighted by Gasteiger charge is 2.35. The molecule has 1 aromatic carbocycles. The van der Waals surface area contributed by atoms with Crippen LogP contribution in [0.3, 0.4) is 0 Å². The molecule has 106 valence electrons. The van der Waals surface area contributed by atoms with Gasteiger partial charge in [-0.15, -0.1) is 0 Å². The highest BCUT2D eigenvalue weighted by molar-refractivity contribution is 5.32. The zero-order valence-electron chi connectivity index (χ0n) is 12.5. The predicted octanol–water partition coefficient (Wildman–Crippen LogP) is 3.37. The lowest BCUT2D eigenvalue weighted by molar-refractivity contribution is 0.0445. The Balaban J connectivity index is 1.93. The lowest BCUT2D eigenvalue weighted by Crippen LogP contribution is -2.42. The Bertz CT molecular complexity index is 416. The molecule has 0 saturated heterocycles. The largest absolute Gasteiger partial charge is 0.396 e. The highest BCUT2D eigenvalue weighted by Crippen LogP contribution is 2.39. The first kappa shape index (κ1) is 14.5. The van der Waals surface area contributed by atoms with Crippen LogP contribution in [0.4, 0.5) is 0 Å². The fourth-order valence-corrected chi connectivity index (χ4v) is 2.77. The van der Waals surface area contributed by atoms with Crippen LogP contribution in [0.15, 0.2) is 18.2 Å². The van der Waals surface area contributed by atoms with E-state index in [0.717, 1.165) is 13.1 Å². The SMILES string of the molecule is Cc1ccc(C(C)C)cc1CNCC1(CO)CCC1. The minimum atomic E-state index is 0.170. The number of aliphatic hydroxyl groups is 1. The average Bonchev–Trinajstić information content (AvgIpc) is 2.34. The molecular formula is C17H27NO. The lowest BCUT2D eigenvalue weighted by atomic mass is 9.69. The summed E-state index contributed by atoms with van der Waals surface area (Å²) in [4.78, 5) is 0. The summed E-state index contributed by atoms with van der Waals surface area (Å²) in [5.41, 5.74) is 4.31. The molecule has 2 heteroatoms. The van der Waals surface area contributed by atoms with Crippen LogP contribution in [0.5, 0.6) is 0 Å². The first-order valence-corrected chi connectivity index (χ1v) is 7.47. The quantitative estimate of drug-likeness (QED) is 0.823. The maximum absolute atomic E-state index is 9.47. The van der Waals surface area contributed by atoms with Gasteiger partial charge in [0.1, 0.15) is 0 Å². The molecule has 2 nitrogen and oxygen atoms in total. The maximum Gasteiger partial charge on any atom is 0.0499 e. The molecule has 0 unspecified atom stereocenters. The van der Waals surface area contributed by atoms with Crippen LogP contribution in [0.1, 0.15) is 55.7 Å². The van der Waals surface area contributed by atoms with Crippen LogP contribution in [0.2, 0.25) is 0 Å². The van der Waals surface area contributed by atoms with Gasteiger partial charge < -0.3 is 10.4 Å². The highest BCUT2D eigenvalue weighted by atomic mass is 16.3. The summed E-state index contributed by atoms with van der Waals surface area (Å²) in [6.07, 6.45) is 3.60. The predicted molar refractivity (Wildman–Crippen MR) is 80.3 cm³/mol. The van der Waals surface area contributed by atoms with Crippen LogP contribution >= 0.6 is 0 Å². The second kappa shape index (κ2) is 6.06. The van der Waals surface area contributed by atoms with Crippen LogP contribution < -0.4 is 5.32 Å². The van der Waals surface area contributed by atoms with Crippen molar-refractivity contribution < 1.29 is 5.11 Å². The molecule has 1 aromatic rings. The zero-order chi connectivity index (χ0) is 13.9. The summed E-state index contributed by atoms with van der Waals surface area (Å²) < 4.78 is 0. The van der Waals surface area contributed by atoms with Crippen LogP contribution in [0.25, 0.3) is 0 Å². The second-order valence-electron chi connectivity index (χ2n) is 6.46. The van der Waals surface area contributed by atoms with E-state index in [2.05, 4.69) is 44.3 Å². The van der Waals surface area contributed by atoms with E-state index >= 15 is 0 Å². The molecule has 0 heterocycles. The number of aryl methyl sites for hydroxylation is 1. The van der Waals surface area contributed by atoms with E-state index < -0.39 is 0 Å². The third-order valence-corrected chi connectivity index (χ3v) is 4.60. The molecule has 0 bridgehead atoms. The smallest absolute Gasteiger partial charge is 0.0499 e. The summed E-state index contributed by atoms with van der Waals surface area (Å²) in [5, 5.41) is 13.0. The Hall–Kier alpha value is -0.860. The molecule has 0 spiro atoms. The van der Waals surface area contributed by atoms with E-state index in [-0.39, 0.29) is 5.41 Å². The van der Waals surface area contributed by atoms with Gasteiger partial charge >= 0.3 is 0 Å². The monoisotopic (exact) mass is 261 g/mol. The Morgan fingerprint density at radius 3 is 2.58 bits per heavy atom. The Morgan fingerprint density at radius 2 is 2.05 bits per heavy atom. The Morgan fingerprint density at radius 1 is 1.32 bits per heavy atom. The molecule has 1 aliphatic rings. The standard InChI is InChI=1S/C17H27NO/c1-13(2)15-6-5-14(3)16(9-15)10-18-11-17(12-19)7-4-8-17/h5-6,9,13,18-19H,4,7-8,10-12H2,1-3H3. The Kier molecular flexibility index (Phi) is 4.64. The third-order valence-electron chi connectivity index (χ3n) is 4.60. The summed E-state index contributed by atoms with van der Waals surface area (Å²) >= 11 is 0. The molecule has 1 fully saturated rings. The average molecular weight is 261 g/mol. The molecule has 1 saturated carbocycles. The van der Waals surface area contributed by atoms with Crippen molar-refractivity contribution in [1.82, 2.24) is 5.32 Å². The fourth-order valence-electron chi connectivity index (χ4n) is 2.77. The van der Waals surface area contributed by atoms with Crippen molar-refractivity contribution in [3.8, 4) is 0 Å². The second-order valence-corrected chi connectivity index (χ2v) is 6.46. The number of rotatable bonds is 6. The molecule has 0 amide bonds. The van der Waals surface area contributed by atoms with Crippen molar-refractivity contribution in [3.63, 3.8) is 0 Å². The molecule has 0 radical (unpaired) electrons. The Labute approximate surface area is 117 Å². The van der Waals surface area contributed by atoms with E-state index in [9.17, 15) is 5.11 Å². The van der Waals surface area contributed by atoms with E-state index in [1.54, 1.807) is 0 Å². The first-order valence-electron chi connectivity index (χ1n) is 7.47. The molecular weight excluding hydrogens is 234 g/mol. The van der Waals surface area contributed by atoms with Gasteiger partial charge in [0.05, 0.1) is 0 Å². The van der Waals surface area contributed by atoms with Crippen molar-refractivity contribution in [2.75, 3.05) is 13.2 Å². The number of benzene rings is 1. The van der Waals surface area contributed by atoms with Crippen molar-refractivity contribution >= 4 is 0 Å². The van der Waals surface area contributed by atoms with Crippen LogP contribution in [-0.4, -0.2) is 18.3 Å². The lowest BCUT2D eigenvalue weighted by Gasteiger charge is -2.40. The summed E-state index contributed by atoms with van der Waals surface area (Å²) in [6.45, 7) is 8.81. The van der Waals surface area contributed by atoms with Gasteiger partial charge in [0, 0.05) is 25.1 Å². The van der Waals surface area contributed by atoms with E-state index in [4.69, 9.17) is 0 Å². The molecule has 0 aromatic heterocycles. The van der Waals surface area contributed by atoms with Gasteiger partial charge in [0.15, 0.2) is 0 Å². The van der Waals surface area contributed by atoms with E-state index in [0.29, 0.717) is 12.5 Å². The van der Waals surface area contributed by atoms with Crippen molar-refractivity contribution in [2.24, 2.45) is 5.41 Å². The van der Waals surface area contributed by atoms with Crippen LogP contribution in [-0.2, 0) is 6.54 Å². The molecule has 0 atom stereocenters. The molecule has 0 aliphatic heterocycles. The van der Waals surface area contributed by atoms with E-state index in [1.807, 2.05) is 0 Å². The topological polar surface area (TPSA) is 32.3 Å². The summed E-state index contributed by atoms with van der Waals surface area (Å²) in [7, 11) is 0. The number of hydrogen-bond donors (Lipinski definition) is 2. The van der Waals surface area contributed by atoms with Gasteiger partial charge in [0.25, 0.3) is 0 Å². The van der Waals surface area contributed by atoms with Gasteiger partial charge in [-0.05, 0) is 42.4 Å². The van der Waals surface area contributed by atoms with Gasteiger partial charge in [0.2, 0.25) is 0 Å². The minimum Gasteiger partial charge on any atom is -0.396 e. The van der Waals surface area contributed by atoms with Crippen molar-refractivity contribution in [2.45, 2.75) is 52.5 Å². The number of hydrogen-bond acceptors (Lipinski definition) is 2. The molecule has 1 aliphatic carbocycles. The zero-order valence-corrected chi connectivity index (χ0v) is 12.5. The van der Waals surface area contributed by atoms with Crippen molar-refractivity contribution in [1.29, 1.82) is 0 Å². The molecule has 19 heavy (non-hydrogen) atoms. The third kappa shape index (κ3) is 3.37. The number of nitrogens with one attached hydrogen (secondary N) is 1. The fraction of sp³-hybridized carbons (Fsp3) is 0.647. The number of aliphatic hydroxyl groups excluding tert-OH is 1. The molecule has 2 rings (SSSR count). The van der Waals surface area contributed by atoms with E-state index in [1.165, 1.54) is 36.0 Å². The maximum atomic E-state index is 9.47. The van der Waals surface area contributed by atoms with Crippen LogP contribution in [0, 0.1) is 12.3 Å². The minimum absolute atomic E-state index is 0.170.